The smallest absolute Gasteiger partial charge is 0.338 e. The lowest BCUT2D eigenvalue weighted by Gasteiger charge is -2.21. The van der Waals surface area contributed by atoms with E-state index in [9.17, 15) is 10.0 Å². The Hall–Kier alpha value is -1.46. The highest BCUT2D eigenvalue weighted by Gasteiger charge is 2.14. The second-order valence-corrected chi connectivity index (χ2v) is 6.74. The summed E-state index contributed by atoms with van der Waals surface area (Å²) in [6, 6.07) is 7.37. The number of hydrogen-bond donors (Lipinski definition) is 2. The summed E-state index contributed by atoms with van der Waals surface area (Å²) < 4.78 is 0. The van der Waals surface area contributed by atoms with Crippen molar-refractivity contribution in [3.63, 3.8) is 0 Å². The van der Waals surface area contributed by atoms with Gasteiger partial charge in [-0.2, -0.15) is 0 Å². The van der Waals surface area contributed by atoms with Crippen LogP contribution in [0.4, 0.5) is 4.79 Å². The lowest BCUT2D eigenvalue weighted by Crippen LogP contribution is -2.32. The van der Waals surface area contributed by atoms with Gasteiger partial charge in [-0.05, 0) is 30.4 Å². The zero-order chi connectivity index (χ0) is 15.8. The zero-order valence-electron chi connectivity index (χ0n) is 12.8. The monoisotopic (exact) mass is 320 g/mol. The lowest BCUT2D eigenvalue weighted by atomic mass is 9.91. The van der Waals surface area contributed by atoms with E-state index < -0.39 is 6.03 Å². The van der Waals surface area contributed by atoms with Crippen molar-refractivity contribution in [1.29, 1.82) is 0 Å². The Balaban J connectivity index is 1.91. The molecule has 2 rings (SSSR count). The van der Waals surface area contributed by atoms with Gasteiger partial charge in [-0.1, -0.05) is 49.6 Å². The Bertz CT molecular complexity index is 513. The van der Waals surface area contributed by atoms with Crippen LogP contribution in [0, 0.1) is 5.92 Å². The Morgan fingerprint density at radius 1 is 1.32 bits per heavy atom. The second-order valence-electron chi connectivity index (χ2n) is 5.68. The van der Waals surface area contributed by atoms with Gasteiger partial charge in [0.1, 0.15) is 0 Å². The summed E-state index contributed by atoms with van der Waals surface area (Å²) in [6.45, 7) is 0.0942. The quantitative estimate of drug-likeness (QED) is 0.470. The fourth-order valence-corrected chi connectivity index (χ4v) is 3.91. The minimum absolute atomic E-state index is 0.0942. The van der Waals surface area contributed by atoms with E-state index in [-0.39, 0.29) is 6.54 Å². The van der Waals surface area contributed by atoms with E-state index in [2.05, 4.69) is 6.07 Å². The van der Waals surface area contributed by atoms with Crippen LogP contribution in [0.15, 0.2) is 35.2 Å². The summed E-state index contributed by atoms with van der Waals surface area (Å²) >= 11 is 1.90. The van der Waals surface area contributed by atoms with Crippen molar-refractivity contribution in [3.05, 3.63) is 35.9 Å². The molecule has 0 heterocycles. The number of benzene rings is 1. The highest BCUT2D eigenvalue weighted by atomic mass is 32.2. The molecule has 0 atom stereocenters. The van der Waals surface area contributed by atoms with Gasteiger partial charge >= 0.3 is 6.03 Å². The van der Waals surface area contributed by atoms with Gasteiger partial charge in [0.15, 0.2) is 0 Å². The first-order valence-corrected chi connectivity index (χ1v) is 8.79. The second kappa shape index (κ2) is 8.86. The maximum Gasteiger partial charge on any atom is 0.338 e. The van der Waals surface area contributed by atoms with Crippen LogP contribution in [0.1, 0.15) is 37.7 Å². The number of carbonyl (C=O) groups is 1. The lowest BCUT2D eigenvalue weighted by molar-refractivity contribution is -0.0286. The van der Waals surface area contributed by atoms with E-state index >= 15 is 0 Å². The molecule has 22 heavy (non-hydrogen) atoms. The third-order valence-electron chi connectivity index (χ3n) is 3.95. The molecule has 2 amide bonds. The molecule has 0 radical (unpaired) electrons. The van der Waals surface area contributed by atoms with Crippen molar-refractivity contribution in [2.24, 2.45) is 11.7 Å². The van der Waals surface area contributed by atoms with Gasteiger partial charge in [0, 0.05) is 10.6 Å². The largest absolute Gasteiger partial charge is 0.350 e. The Labute approximate surface area is 136 Å². The van der Waals surface area contributed by atoms with E-state index in [1.54, 1.807) is 6.08 Å². The van der Waals surface area contributed by atoms with Crippen molar-refractivity contribution in [3.8, 4) is 0 Å². The third kappa shape index (κ3) is 5.39. The molecule has 1 fully saturated rings. The molecular formula is C17H24N2O2S. The number of thioether (sulfide) groups is 1. The predicted octanol–water partition coefficient (Wildman–Crippen LogP) is 4.14. The maximum atomic E-state index is 10.7. The van der Waals surface area contributed by atoms with Gasteiger partial charge in [-0.15, -0.1) is 11.8 Å². The van der Waals surface area contributed by atoms with E-state index in [0.717, 1.165) is 17.2 Å². The molecule has 1 aromatic carbocycles. The molecular weight excluding hydrogens is 296 g/mol. The van der Waals surface area contributed by atoms with Crippen LogP contribution in [0.5, 0.6) is 0 Å². The minimum Gasteiger partial charge on any atom is -0.350 e. The van der Waals surface area contributed by atoms with E-state index in [4.69, 9.17) is 5.73 Å². The molecule has 0 aromatic heterocycles. The summed E-state index contributed by atoms with van der Waals surface area (Å²) in [5.41, 5.74) is 6.09. The Morgan fingerprint density at radius 2 is 2.05 bits per heavy atom. The molecule has 1 aliphatic rings. The number of nitrogens with two attached hydrogens (primary N) is 1. The first kappa shape index (κ1) is 16.9. The van der Waals surface area contributed by atoms with Crippen molar-refractivity contribution in [2.75, 3.05) is 12.3 Å². The third-order valence-corrected chi connectivity index (χ3v) is 5.27. The molecule has 120 valence electrons. The molecule has 1 saturated carbocycles. The van der Waals surface area contributed by atoms with Crippen LogP contribution in [0.2, 0.25) is 0 Å². The average Bonchev–Trinajstić information content (AvgIpc) is 2.54. The predicted molar refractivity (Wildman–Crippen MR) is 90.9 cm³/mol. The van der Waals surface area contributed by atoms with Crippen molar-refractivity contribution in [1.82, 2.24) is 5.06 Å². The normalized spacial score (nSPS) is 16.0. The number of rotatable bonds is 6. The summed E-state index contributed by atoms with van der Waals surface area (Å²) in [5, 5.41) is 9.74. The number of hydrogen-bond acceptors (Lipinski definition) is 3. The highest BCUT2D eigenvalue weighted by Crippen LogP contribution is 2.31. The van der Waals surface area contributed by atoms with E-state index in [0.29, 0.717) is 5.06 Å². The number of nitrogens with zero attached hydrogens (tertiary/aromatic N) is 1. The molecule has 3 N–H and O–H groups in total. The van der Waals surface area contributed by atoms with Crippen LogP contribution in [0.25, 0.3) is 6.08 Å². The molecule has 5 heteroatoms. The number of amides is 2. The Morgan fingerprint density at radius 3 is 2.77 bits per heavy atom. The fourth-order valence-electron chi connectivity index (χ4n) is 2.68. The summed E-state index contributed by atoms with van der Waals surface area (Å²) in [7, 11) is 0. The number of primary amides is 1. The van der Waals surface area contributed by atoms with Crippen LogP contribution < -0.4 is 5.73 Å². The van der Waals surface area contributed by atoms with Gasteiger partial charge in [-0.25, -0.2) is 9.86 Å². The maximum absolute atomic E-state index is 10.7. The number of urea groups is 1. The van der Waals surface area contributed by atoms with E-state index in [1.165, 1.54) is 37.0 Å². The molecule has 0 saturated heterocycles. The van der Waals surface area contributed by atoms with Crippen LogP contribution in [0.3, 0.4) is 0 Å². The van der Waals surface area contributed by atoms with Crippen molar-refractivity contribution >= 4 is 23.9 Å². The summed E-state index contributed by atoms with van der Waals surface area (Å²) in [5.74, 6) is 2.00. The number of hydroxylamine groups is 2. The van der Waals surface area contributed by atoms with Crippen LogP contribution in [-0.4, -0.2) is 28.6 Å². The van der Waals surface area contributed by atoms with Crippen LogP contribution in [-0.2, 0) is 0 Å². The van der Waals surface area contributed by atoms with Crippen molar-refractivity contribution < 1.29 is 10.0 Å². The SMILES string of the molecule is NC(=O)N(O)C/C=C/c1ccccc1SCC1CCCCC1. The Kier molecular flexibility index (Phi) is 6.80. The standard InChI is InChI=1S/C17H24N2O2S/c18-17(20)19(21)12-6-10-15-9-4-5-11-16(15)22-13-14-7-2-1-3-8-14/h4-6,9-11,14,21H,1-3,7-8,12-13H2,(H2,18,20)/b10-6+. The molecule has 1 aliphatic carbocycles. The van der Waals surface area contributed by atoms with Crippen LogP contribution >= 0.6 is 11.8 Å². The minimum atomic E-state index is -0.843. The molecule has 0 spiro atoms. The van der Waals surface area contributed by atoms with Gasteiger partial charge in [0.2, 0.25) is 0 Å². The number of carbonyl (C=O) groups excluding carboxylic acids is 1. The molecule has 1 aromatic rings. The molecule has 4 nitrogen and oxygen atoms in total. The zero-order valence-corrected chi connectivity index (χ0v) is 13.6. The van der Waals surface area contributed by atoms with Gasteiger partial charge in [0.05, 0.1) is 6.54 Å². The van der Waals surface area contributed by atoms with Crippen molar-refractivity contribution in [2.45, 2.75) is 37.0 Å². The van der Waals surface area contributed by atoms with E-state index in [1.807, 2.05) is 36.0 Å². The summed E-state index contributed by atoms with van der Waals surface area (Å²) in [6.07, 6.45) is 10.5. The molecule has 0 unspecified atom stereocenters. The van der Waals surface area contributed by atoms with Gasteiger partial charge in [0.25, 0.3) is 0 Å². The van der Waals surface area contributed by atoms with Gasteiger partial charge < -0.3 is 5.73 Å². The highest BCUT2D eigenvalue weighted by molar-refractivity contribution is 7.99. The first-order chi connectivity index (χ1) is 10.7. The molecule has 0 bridgehead atoms. The molecule has 0 aliphatic heterocycles. The average molecular weight is 320 g/mol. The summed E-state index contributed by atoms with van der Waals surface area (Å²) in [4.78, 5) is 12.0. The fraction of sp³-hybridized carbons (Fsp3) is 0.471. The topological polar surface area (TPSA) is 66.6 Å². The first-order valence-electron chi connectivity index (χ1n) is 7.81. The van der Waals surface area contributed by atoms with Gasteiger partial charge in [-0.3, -0.25) is 5.21 Å².